The van der Waals surface area contributed by atoms with Gasteiger partial charge in [0.05, 0.1) is 6.54 Å². The van der Waals surface area contributed by atoms with E-state index in [0.717, 1.165) is 5.56 Å². The van der Waals surface area contributed by atoms with Gasteiger partial charge in [-0.05, 0) is 23.4 Å². The first kappa shape index (κ1) is 10.4. The Bertz CT molecular complexity index is 457. The van der Waals surface area contributed by atoms with Crippen molar-refractivity contribution < 1.29 is 0 Å². The molecule has 0 spiro atoms. The third-order valence-electron chi connectivity index (χ3n) is 2.44. The van der Waals surface area contributed by atoms with Crippen molar-refractivity contribution in [3.8, 4) is 0 Å². The van der Waals surface area contributed by atoms with Crippen molar-refractivity contribution in [2.75, 3.05) is 0 Å². The molecule has 0 radical (unpaired) electrons. The molecule has 0 unspecified atom stereocenters. The van der Waals surface area contributed by atoms with Crippen molar-refractivity contribution in [2.24, 2.45) is 5.11 Å². The molecule has 2 rings (SSSR count). The van der Waals surface area contributed by atoms with E-state index in [1.807, 2.05) is 42.6 Å². The van der Waals surface area contributed by atoms with Gasteiger partial charge in [0, 0.05) is 4.91 Å². The molecule has 0 aromatic heterocycles. The summed E-state index contributed by atoms with van der Waals surface area (Å²) in [7, 11) is 0. The van der Waals surface area contributed by atoms with Gasteiger partial charge in [-0.25, -0.2) is 0 Å². The fraction of sp³-hybridized carbons (Fsp3) is 0.0909. The van der Waals surface area contributed by atoms with Crippen LogP contribution in [0.2, 0.25) is 0 Å². The highest BCUT2D eigenvalue weighted by molar-refractivity contribution is 6.76. The first-order valence-corrected chi connectivity index (χ1v) is 5.09. The van der Waals surface area contributed by atoms with E-state index in [0.29, 0.717) is 6.54 Å². The van der Waals surface area contributed by atoms with Gasteiger partial charge in [0.2, 0.25) is 0 Å². The molecule has 5 heteroatoms. The van der Waals surface area contributed by atoms with E-state index in [1.165, 1.54) is 5.46 Å². The molecule has 0 saturated heterocycles. The standard InChI is InChI=1S/C11H11BN4/c13-16-15-9-10-3-5-11(6-4-10)12-7-1-2-8-14-12/h1-8,14H,9H2. The minimum atomic E-state index is 0.235. The molecule has 1 aromatic carbocycles. The zero-order chi connectivity index (χ0) is 11.2. The lowest BCUT2D eigenvalue weighted by atomic mass is 9.55. The number of azide groups is 1. The van der Waals surface area contributed by atoms with Gasteiger partial charge >= 0.3 is 6.85 Å². The SMILES string of the molecule is [N-]=[N+]=NCc1ccc(B2C=CC=CN2)cc1. The van der Waals surface area contributed by atoms with Gasteiger partial charge in [0.25, 0.3) is 0 Å². The largest absolute Gasteiger partial charge is 0.427 e. The molecule has 4 nitrogen and oxygen atoms in total. The van der Waals surface area contributed by atoms with Crippen LogP contribution in [0.15, 0.2) is 53.7 Å². The third kappa shape index (κ3) is 2.46. The van der Waals surface area contributed by atoms with Crippen molar-refractivity contribution in [1.82, 2.24) is 5.23 Å². The van der Waals surface area contributed by atoms with Crippen molar-refractivity contribution in [1.29, 1.82) is 0 Å². The molecule has 1 N–H and O–H groups in total. The van der Waals surface area contributed by atoms with E-state index < -0.39 is 0 Å². The fourth-order valence-electron chi connectivity index (χ4n) is 1.60. The van der Waals surface area contributed by atoms with Gasteiger partial charge in [0.1, 0.15) is 0 Å². The Morgan fingerprint density at radius 3 is 2.69 bits per heavy atom. The number of benzene rings is 1. The number of hydrogen-bond donors (Lipinski definition) is 1. The van der Waals surface area contributed by atoms with Gasteiger partial charge < -0.3 is 5.23 Å². The molecule has 1 aliphatic rings. The van der Waals surface area contributed by atoms with Gasteiger partial charge in [0.15, 0.2) is 0 Å². The molecule has 0 aliphatic carbocycles. The average Bonchev–Trinajstić information content (AvgIpc) is 2.38. The maximum Gasteiger partial charge on any atom is 0.312 e. The molecule has 1 aliphatic heterocycles. The van der Waals surface area contributed by atoms with Gasteiger partial charge in [-0.2, -0.15) is 0 Å². The average molecular weight is 210 g/mol. The van der Waals surface area contributed by atoms with Crippen LogP contribution in [0.4, 0.5) is 0 Å². The minimum Gasteiger partial charge on any atom is -0.427 e. The van der Waals surface area contributed by atoms with Crippen LogP contribution in [0.25, 0.3) is 10.4 Å². The molecular weight excluding hydrogens is 199 g/mol. The molecule has 0 saturated carbocycles. The lowest BCUT2D eigenvalue weighted by Crippen LogP contribution is -2.41. The summed E-state index contributed by atoms with van der Waals surface area (Å²) >= 11 is 0. The highest BCUT2D eigenvalue weighted by atomic mass is 15.1. The van der Waals surface area contributed by atoms with E-state index >= 15 is 0 Å². The summed E-state index contributed by atoms with van der Waals surface area (Å²) < 4.78 is 0. The van der Waals surface area contributed by atoms with E-state index in [2.05, 4.69) is 21.2 Å². The van der Waals surface area contributed by atoms with Crippen LogP contribution in [0, 0.1) is 0 Å². The molecule has 78 valence electrons. The zero-order valence-corrected chi connectivity index (χ0v) is 8.74. The maximum absolute atomic E-state index is 8.22. The second-order valence-electron chi connectivity index (χ2n) is 3.52. The molecule has 1 heterocycles. The predicted molar refractivity (Wildman–Crippen MR) is 66.1 cm³/mol. The van der Waals surface area contributed by atoms with E-state index in [9.17, 15) is 0 Å². The quantitative estimate of drug-likeness (QED) is 0.352. The first-order valence-electron chi connectivity index (χ1n) is 5.09. The molecule has 0 amide bonds. The van der Waals surface area contributed by atoms with Crippen LogP contribution < -0.4 is 10.7 Å². The summed E-state index contributed by atoms with van der Waals surface area (Å²) in [5.41, 5.74) is 10.4. The van der Waals surface area contributed by atoms with Crippen LogP contribution in [0.1, 0.15) is 5.56 Å². The molecule has 16 heavy (non-hydrogen) atoms. The van der Waals surface area contributed by atoms with Crippen LogP contribution >= 0.6 is 0 Å². The smallest absolute Gasteiger partial charge is 0.312 e. The Morgan fingerprint density at radius 1 is 1.25 bits per heavy atom. The minimum absolute atomic E-state index is 0.235. The fourth-order valence-corrected chi connectivity index (χ4v) is 1.60. The lowest BCUT2D eigenvalue weighted by Gasteiger charge is -2.12. The third-order valence-corrected chi connectivity index (χ3v) is 2.44. The van der Waals surface area contributed by atoms with E-state index in [-0.39, 0.29) is 6.85 Å². The number of allylic oxidation sites excluding steroid dienone is 2. The summed E-state index contributed by atoms with van der Waals surface area (Å²) in [5, 5.41) is 6.77. The van der Waals surface area contributed by atoms with Crippen LogP contribution in [0.5, 0.6) is 0 Å². The zero-order valence-electron chi connectivity index (χ0n) is 8.74. The predicted octanol–water partition coefficient (Wildman–Crippen LogP) is 1.91. The number of rotatable bonds is 3. The highest BCUT2D eigenvalue weighted by Crippen LogP contribution is 2.01. The summed E-state index contributed by atoms with van der Waals surface area (Å²) in [6.07, 6.45) is 5.92. The van der Waals surface area contributed by atoms with E-state index in [4.69, 9.17) is 5.53 Å². The monoisotopic (exact) mass is 210 g/mol. The second-order valence-corrected chi connectivity index (χ2v) is 3.52. The Hall–Kier alpha value is -2.13. The van der Waals surface area contributed by atoms with Crippen molar-refractivity contribution in [3.05, 3.63) is 64.6 Å². The van der Waals surface area contributed by atoms with Gasteiger partial charge in [-0.3, -0.25) is 0 Å². The molecule has 0 fully saturated rings. The second kappa shape index (κ2) is 5.10. The summed E-state index contributed by atoms with van der Waals surface area (Å²) in [6, 6.07) is 8.06. The first-order chi connectivity index (χ1) is 7.90. The van der Waals surface area contributed by atoms with Gasteiger partial charge in [-0.1, -0.05) is 46.9 Å². The van der Waals surface area contributed by atoms with E-state index in [1.54, 1.807) is 0 Å². The topological polar surface area (TPSA) is 60.8 Å². The van der Waals surface area contributed by atoms with Crippen molar-refractivity contribution >= 4 is 12.3 Å². The number of nitrogens with zero attached hydrogens (tertiary/aromatic N) is 3. The summed E-state index contributed by atoms with van der Waals surface area (Å²) in [5.74, 6) is 2.10. The number of hydrogen-bond acceptors (Lipinski definition) is 2. The van der Waals surface area contributed by atoms with Crippen LogP contribution in [0.3, 0.4) is 0 Å². The normalized spacial score (nSPS) is 13.1. The molecule has 0 atom stereocenters. The summed E-state index contributed by atoms with van der Waals surface area (Å²) in [6.45, 7) is 0.642. The molecule has 0 bridgehead atoms. The Labute approximate surface area is 94.4 Å². The van der Waals surface area contributed by atoms with Crippen molar-refractivity contribution in [3.63, 3.8) is 0 Å². The van der Waals surface area contributed by atoms with Crippen LogP contribution in [-0.4, -0.2) is 6.85 Å². The van der Waals surface area contributed by atoms with Crippen molar-refractivity contribution in [2.45, 2.75) is 6.54 Å². The molecule has 1 aromatic rings. The molecular formula is C11H11BN4. The Morgan fingerprint density at radius 2 is 2.06 bits per heavy atom. The highest BCUT2D eigenvalue weighted by Gasteiger charge is 2.12. The lowest BCUT2D eigenvalue weighted by molar-refractivity contribution is 1.05. The number of nitrogens with one attached hydrogen (secondary N) is 1. The summed E-state index contributed by atoms with van der Waals surface area (Å²) in [4.78, 5) is 2.74. The Balaban J connectivity index is 2.09. The van der Waals surface area contributed by atoms with Crippen LogP contribution in [-0.2, 0) is 6.54 Å². The maximum atomic E-state index is 8.22. The Kier molecular flexibility index (Phi) is 3.31. The van der Waals surface area contributed by atoms with Gasteiger partial charge in [-0.15, -0.1) is 0 Å².